The van der Waals surface area contributed by atoms with E-state index in [1.54, 1.807) is 0 Å². The van der Waals surface area contributed by atoms with E-state index in [4.69, 9.17) is 0 Å². The van der Waals surface area contributed by atoms with Crippen molar-refractivity contribution in [3.63, 3.8) is 0 Å². The highest BCUT2D eigenvalue weighted by atomic mass is 79.9. The zero-order valence-corrected chi connectivity index (χ0v) is 16.0. The van der Waals surface area contributed by atoms with Crippen LogP contribution in [0.4, 0.5) is 5.69 Å². The zero-order chi connectivity index (χ0) is 16.0. The van der Waals surface area contributed by atoms with Crippen molar-refractivity contribution >= 4 is 21.6 Å². The molecule has 0 aromatic heterocycles. The van der Waals surface area contributed by atoms with Crippen LogP contribution in [0.3, 0.4) is 0 Å². The summed E-state index contributed by atoms with van der Waals surface area (Å²) in [5, 5.41) is 3.50. The van der Waals surface area contributed by atoms with Crippen LogP contribution in [0.5, 0.6) is 0 Å². The molecule has 1 aromatic carbocycles. The van der Waals surface area contributed by atoms with Gasteiger partial charge in [-0.2, -0.15) is 0 Å². The molecule has 1 aromatic rings. The molecule has 0 saturated heterocycles. The molecule has 0 heterocycles. The number of nitrogens with one attached hydrogen (secondary N) is 1. The molecular formula is C18H31BrN2. The summed E-state index contributed by atoms with van der Waals surface area (Å²) in [6.07, 6.45) is 0. The Morgan fingerprint density at radius 2 is 1.71 bits per heavy atom. The van der Waals surface area contributed by atoms with Gasteiger partial charge in [0.2, 0.25) is 0 Å². The van der Waals surface area contributed by atoms with E-state index in [0.717, 1.165) is 19.6 Å². The largest absolute Gasteiger partial charge is 0.368 e. The lowest BCUT2D eigenvalue weighted by molar-refractivity contribution is 0.552. The van der Waals surface area contributed by atoms with Gasteiger partial charge in [0.1, 0.15) is 0 Å². The summed E-state index contributed by atoms with van der Waals surface area (Å²) < 4.78 is 1.20. The highest BCUT2D eigenvalue weighted by Gasteiger charge is 2.15. The Hall–Kier alpha value is -0.540. The van der Waals surface area contributed by atoms with Gasteiger partial charge in [0.05, 0.1) is 5.69 Å². The predicted octanol–water partition coefficient (Wildman–Crippen LogP) is 5.07. The summed E-state index contributed by atoms with van der Waals surface area (Å²) in [5.74, 6) is 1.35. The number of hydrogen-bond acceptors (Lipinski definition) is 2. The van der Waals surface area contributed by atoms with Gasteiger partial charge in [-0.25, -0.2) is 0 Å². The SMILES string of the molecule is CC(C)CNCc1ccc(N(CC(C)C)C(C)C)c(Br)c1. The van der Waals surface area contributed by atoms with Crippen molar-refractivity contribution in [3.05, 3.63) is 28.2 Å². The smallest absolute Gasteiger partial charge is 0.0513 e. The zero-order valence-electron chi connectivity index (χ0n) is 14.4. The highest BCUT2D eigenvalue weighted by molar-refractivity contribution is 9.10. The minimum Gasteiger partial charge on any atom is -0.368 e. The maximum atomic E-state index is 3.76. The Kier molecular flexibility index (Phi) is 7.75. The molecule has 0 fully saturated rings. The minimum atomic E-state index is 0.508. The fourth-order valence-corrected chi connectivity index (χ4v) is 3.03. The average molecular weight is 355 g/mol. The molecule has 1 N–H and O–H groups in total. The lowest BCUT2D eigenvalue weighted by Gasteiger charge is -2.31. The Morgan fingerprint density at radius 1 is 1.05 bits per heavy atom. The topological polar surface area (TPSA) is 15.3 Å². The molecule has 0 aliphatic rings. The van der Waals surface area contributed by atoms with Gasteiger partial charge >= 0.3 is 0 Å². The van der Waals surface area contributed by atoms with Gasteiger partial charge in [0, 0.05) is 23.6 Å². The first kappa shape index (κ1) is 18.5. The second-order valence-corrected chi connectivity index (χ2v) is 7.80. The molecule has 2 nitrogen and oxygen atoms in total. The lowest BCUT2D eigenvalue weighted by atomic mass is 10.1. The Bertz CT molecular complexity index is 427. The van der Waals surface area contributed by atoms with Crippen LogP contribution in [0, 0.1) is 11.8 Å². The molecule has 0 saturated carbocycles. The van der Waals surface area contributed by atoms with Crippen molar-refractivity contribution in [3.8, 4) is 0 Å². The van der Waals surface area contributed by atoms with E-state index in [1.807, 2.05) is 0 Å². The van der Waals surface area contributed by atoms with Crippen molar-refractivity contribution in [1.29, 1.82) is 0 Å². The number of benzene rings is 1. The van der Waals surface area contributed by atoms with Crippen molar-refractivity contribution < 1.29 is 0 Å². The van der Waals surface area contributed by atoms with Gasteiger partial charge in [-0.05, 0) is 65.9 Å². The summed E-state index contributed by atoms with van der Waals surface area (Å²) in [6, 6.07) is 7.24. The predicted molar refractivity (Wildman–Crippen MR) is 98.0 cm³/mol. The number of anilines is 1. The van der Waals surface area contributed by atoms with Crippen LogP contribution in [-0.4, -0.2) is 19.1 Å². The first-order chi connectivity index (χ1) is 9.81. The van der Waals surface area contributed by atoms with Crippen LogP contribution in [0.2, 0.25) is 0 Å². The normalized spacial score (nSPS) is 11.7. The van der Waals surface area contributed by atoms with E-state index in [2.05, 4.69) is 85.9 Å². The highest BCUT2D eigenvalue weighted by Crippen LogP contribution is 2.29. The molecule has 1 rings (SSSR count). The molecule has 0 radical (unpaired) electrons. The standard InChI is InChI=1S/C18H31BrN2/c1-13(2)10-20-11-16-7-8-18(17(19)9-16)21(15(5)6)12-14(3)4/h7-9,13-15,20H,10-12H2,1-6H3. The van der Waals surface area contributed by atoms with E-state index in [1.165, 1.54) is 15.7 Å². The number of nitrogens with zero attached hydrogens (tertiary/aromatic N) is 1. The maximum absolute atomic E-state index is 3.76. The molecule has 120 valence electrons. The van der Waals surface area contributed by atoms with Crippen molar-refractivity contribution in [2.45, 2.75) is 54.1 Å². The number of hydrogen-bond donors (Lipinski definition) is 1. The van der Waals surface area contributed by atoms with Gasteiger partial charge < -0.3 is 10.2 Å². The molecule has 0 atom stereocenters. The third-order valence-electron chi connectivity index (χ3n) is 3.39. The van der Waals surface area contributed by atoms with Gasteiger partial charge in [0.25, 0.3) is 0 Å². The van der Waals surface area contributed by atoms with E-state index in [0.29, 0.717) is 17.9 Å². The average Bonchev–Trinajstić information content (AvgIpc) is 2.35. The van der Waals surface area contributed by atoms with Gasteiger partial charge in [0.15, 0.2) is 0 Å². The quantitative estimate of drug-likeness (QED) is 0.701. The van der Waals surface area contributed by atoms with E-state index in [-0.39, 0.29) is 0 Å². The molecule has 0 unspecified atom stereocenters. The van der Waals surface area contributed by atoms with Crippen LogP contribution in [0.15, 0.2) is 22.7 Å². The second-order valence-electron chi connectivity index (χ2n) is 6.95. The molecule has 0 spiro atoms. The first-order valence-electron chi connectivity index (χ1n) is 8.07. The van der Waals surface area contributed by atoms with Crippen LogP contribution in [0.1, 0.15) is 47.1 Å². The van der Waals surface area contributed by atoms with Crippen LogP contribution in [-0.2, 0) is 6.54 Å². The fraction of sp³-hybridized carbons (Fsp3) is 0.667. The molecule has 0 amide bonds. The number of halogens is 1. The van der Waals surface area contributed by atoms with Crippen LogP contribution >= 0.6 is 15.9 Å². The molecule has 21 heavy (non-hydrogen) atoms. The van der Waals surface area contributed by atoms with Gasteiger partial charge in [-0.1, -0.05) is 33.8 Å². The summed E-state index contributed by atoms with van der Waals surface area (Å²) >= 11 is 3.76. The van der Waals surface area contributed by atoms with Crippen LogP contribution in [0.25, 0.3) is 0 Å². The summed E-state index contributed by atoms with van der Waals surface area (Å²) in [7, 11) is 0. The summed E-state index contributed by atoms with van der Waals surface area (Å²) in [4.78, 5) is 2.47. The third-order valence-corrected chi connectivity index (χ3v) is 4.02. The van der Waals surface area contributed by atoms with E-state index in [9.17, 15) is 0 Å². The maximum Gasteiger partial charge on any atom is 0.0513 e. The Morgan fingerprint density at radius 3 is 2.19 bits per heavy atom. The van der Waals surface area contributed by atoms with E-state index >= 15 is 0 Å². The summed E-state index contributed by atoms with van der Waals surface area (Å²) in [6.45, 7) is 16.6. The van der Waals surface area contributed by atoms with Crippen molar-refractivity contribution in [2.24, 2.45) is 11.8 Å². The molecule has 0 aliphatic carbocycles. The molecule has 0 aliphatic heterocycles. The van der Waals surface area contributed by atoms with Gasteiger partial charge in [-0.15, -0.1) is 0 Å². The lowest BCUT2D eigenvalue weighted by Crippen LogP contribution is -2.34. The Labute approximate surface area is 139 Å². The monoisotopic (exact) mass is 354 g/mol. The molecule has 3 heteroatoms. The summed E-state index contributed by atoms with van der Waals surface area (Å²) in [5.41, 5.74) is 2.63. The van der Waals surface area contributed by atoms with E-state index < -0.39 is 0 Å². The van der Waals surface area contributed by atoms with Crippen molar-refractivity contribution in [1.82, 2.24) is 5.32 Å². The third kappa shape index (κ3) is 6.39. The molecule has 0 bridgehead atoms. The van der Waals surface area contributed by atoms with Crippen molar-refractivity contribution in [2.75, 3.05) is 18.0 Å². The first-order valence-corrected chi connectivity index (χ1v) is 8.86. The Balaban J connectivity index is 2.80. The minimum absolute atomic E-state index is 0.508. The number of rotatable bonds is 8. The van der Waals surface area contributed by atoms with Crippen LogP contribution < -0.4 is 10.2 Å². The molecular weight excluding hydrogens is 324 g/mol. The second kappa shape index (κ2) is 8.79. The fourth-order valence-electron chi connectivity index (χ4n) is 2.38. The van der Waals surface area contributed by atoms with Gasteiger partial charge in [-0.3, -0.25) is 0 Å².